The molecule has 0 fully saturated rings. The standard InChI is InChI=1S/C11H23N5/c1-5-6-10(4)16-11(13-14-15-16)8-12-7-9(2)3/h9-10,12H,5-8H2,1-4H3. The molecule has 1 heterocycles. The molecule has 1 unspecified atom stereocenters. The van der Waals surface area contributed by atoms with Crippen molar-refractivity contribution in [2.75, 3.05) is 6.54 Å². The summed E-state index contributed by atoms with van der Waals surface area (Å²) in [4.78, 5) is 0. The van der Waals surface area contributed by atoms with E-state index in [9.17, 15) is 0 Å². The van der Waals surface area contributed by atoms with Crippen LogP contribution in [0.1, 0.15) is 52.4 Å². The van der Waals surface area contributed by atoms with Crippen molar-refractivity contribution in [2.24, 2.45) is 5.92 Å². The first-order chi connectivity index (χ1) is 7.65. The monoisotopic (exact) mass is 225 g/mol. The van der Waals surface area contributed by atoms with E-state index in [1.807, 2.05) is 4.68 Å². The van der Waals surface area contributed by atoms with Crippen LogP contribution in [-0.4, -0.2) is 26.8 Å². The maximum absolute atomic E-state index is 4.06. The molecular weight excluding hydrogens is 202 g/mol. The largest absolute Gasteiger partial charge is 0.310 e. The van der Waals surface area contributed by atoms with Gasteiger partial charge in [0.05, 0.1) is 12.6 Å². The Kier molecular flexibility index (Phi) is 5.38. The Morgan fingerprint density at radius 2 is 2.06 bits per heavy atom. The van der Waals surface area contributed by atoms with Gasteiger partial charge in [-0.3, -0.25) is 0 Å². The number of rotatable bonds is 7. The summed E-state index contributed by atoms with van der Waals surface area (Å²) >= 11 is 0. The molecule has 16 heavy (non-hydrogen) atoms. The lowest BCUT2D eigenvalue weighted by atomic mass is 10.2. The van der Waals surface area contributed by atoms with E-state index in [0.29, 0.717) is 12.0 Å². The molecular formula is C11H23N5. The topological polar surface area (TPSA) is 55.6 Å². The van der Waals surface area contributed by atoms with Crippen molar-refractivity contribution in [3.8, 4) is 0 Å². The van der Waals surface area contributed by atoms with Crippen molar-refractivity contribution < 1.29 is 0 Å². The van der Waals surface area contributed by atoms with Crippen LogP contribution in [0.4, 0.5) is 0 Å². The summed E-state index contributed by atoms with van der Waals surface area (Å²) in [6, 6.07) is 0.385. The van der Waals surface area contributed by atoms with Gasteiger partial charge in [-0.25, -0.2) is 4.68 Å². The third-order valence-corrected chi connectivity index (χ3v) is 2.52. The molecule has 0 saturated heterocycles. The highest BCUT2D eigenvalue weighted by atomic mass is 15.6. The van der Waals surface area contributed by atoms with Gasteiger partial charge in [-0.05, 0) is 36.2 Å². The van der Waals surface area contributed by atoms with E-state index in [4.69, 9.17) is 0 Å². The normalized spacial score (nSPS) is 13.3. The second-order valence-corrected chi connectivity index (χ2v) is 4.70. The highest BCUT2D eigenvalue weighted by Crippen LogP contribution is 2.12. The van der Waals surface area contributed by atoms with Crippen LogP contribution in [0, 0.1) is 5.92 Å². The van der Waals surface area contributed by atoms with Crippen LogP contribution in [0.5, 0.6) is 0 Å². The SMILES string of the molecule is CCCC(C)n1nnnc1CNCC(C)C. The number of nitrogens with one attached hydrogen (secondary N) is 1. The molecule has 0 aliphatic carbocycles. The number of hydrogen-bond acceptors (Lipinski definition) is 4. The Labute approximate surface area is 97.6 Å². The summed E-state index contributed by atoms with van der Waals surface area (Å²) in [5, 5.41) is 15.2. The van der Waals surface area contributed by atoms with E-state index in [1.54, 1.807) is 0 Å². The van der Waals surface area contributed by atoms with E-state index in [-0.39, 0.29) is 0 Å². The van der Waals surface area contributed by atoms with Crippen LogP contribution in [0.15, 0.2) is 0 Å². The van der Waals surface area contributed by atoms with Gasteiger partial charge in [0.1, 0.15) is 0 Å². The fraction of sp³-hybridized carbons (Fsp3) is 0.909. The van der Waals surface area contributed by atoms with Gasteiger partial charge in [-0.2, -0.15) is 0 Å². The Morgan fingerprint density at radius 1 is 1.31 bits per heavy atom. The van der Waals surface area contributed by atoms with Crippen LogP contribution >= 0.6 is 0 Å². The molecule has 0 amide bonds. The van der Waals surface area contributed by atoms with Gasteiger partial charge in [0.15, 0.2) is 5.82 Å². The van der Waals surface area contributed by atoms with Gasteiger partial charge in [-0.1, -0.05) is 27.2 Å². The van der Waals surface area contributed by atoms with Gasteiger partial charge < -0.3 is 5.32 Å². The lowest BCUT2D eigenvalue weighted by molar-refractivity contribution is 0.419. The molecule has 1 atom stereocenters. The van der Waals surface area contributed by atoms with Crippen LogP contribution in [-0.2, 0) is 6.54 Å². The number of hydrogen-bond donors (Lipinski definition) is 1. The number of nitrogens with zero attached hydrogens (tertiary/aromatic N) is 4. The van der Waals surface area contributed by atoms with Crippen molar-refractivity contribution in [1.82, 2.24) is 25.5 Å². The third kappa shape index (κ3) is 3.89. The fourth-order valence-corrected chi connectivity index (χ4v) is 1.68. The fourth-order valence-electron chi connectivity index (χ4n) is 1.68. The average Bonchev–Trinajstić information content (AvgIpc) is 2.66. The summed E-state index contributed by atoms with van der Waals surface area (Å²) in [6.07, 6.45) is 2.27. The summed E-state index contributed by atoms with van der Waals surface area (Å²) in [5.74, 6) is 1.58. The molecule has 0 radical (unpaired) electrons. The average molecular weight is 225 g/mol. The minimum Gasteiger partial charge on any atom is -0.310 e. The molecule has 1 aromatic heterocycles. The molecule has 0 aliphatic heterocycles. The summed E-state index contributed by atoms with van der Waals surface area (Å²) in [6.45, 7) is 10.5. The van der Waals surface area contributed by atoms with Gasteiger partial charge in [0.2, 0.25) is 0 Å². The molecule has 1 aromatic rings. The predicted molar refractivity (Wildman–Crippen MR) is 64.0 cm³/mol. The highest BCUT2D eigenvalue weighted by molar-refractivity contribution is 4.82. The molecule has 5 heteroatoms. The molecule has 0 aromatic carbocycles. The molecule has 0 bridgehead atoms. The number of tetrazole rings is 1. The molecule has 0 aliphatic rings. The summed E-state index contributed by atoms with van der Waals surface area (Å²) in [7, 11) is 0. The van der Waals surface area contributed by atoms with Crippen molar-refractivity contribution in [3.63, 3.8) is 0 Å². The lowest BCUT2D eigenvalue weighted by Crippen LogP contribution is -2.22. The van der Waals surface area contributed by atoms with Crippen LogP contribution in [0.3, 0.4) is 0 Å². The van der Waals surface area contributed by atoms with E-state index < -0.39 is 0 Å². The highest BCUT2D eigenvalue weighted by Gasteiger charge is 2.11. The van der Waals surface area contributed by atoms with Crippen molar-refractivity contribution in [3.05, 3.63) is 5.82 Å². The molecule has 1 N–H and O–H groups in total. The van der Waals surface area contributed by atoms with E-state index in [2.05, 4.69) is 48.5 Å². The van der Waals surface area contributed by atoms with Gasteiger partial charge in [0, 0.05) is 0 Å². The van der Waals surface area contributed by atoms with Crippen LogP contribution in [0.25, 0.3) is 0 Å². The zero-order chi connectivity index (χ0) is 12.0. The van der Waals surface area contributed by atoms with E-state index >= 15 is 0 Å². The van der Waals surface area contributed by atoms with Crippen LogP contribution < -0.4 is 5.32 Å². The Hall–Kier alpha value is -0.970. The Bertz CT molecular complexity index is 294. The summed E-state index contributed by atoms with van der Waals surface area (Å²) in [5.41, 5.74) is 0. The minimum atomic E-state index is 0.385. The lowest BCUT2D eigenvalue weighted by Gasteiger charge is -2.13. The molecule has 5 nitrogen and oxygen atoms in total. The second kappa shape index (κ2) is 6.58. The third-order valence-electron chi connectivity index (χ3n) is 2.52. The smallest absolute Gasteiger partial charge is 0.165 e. The predicted octanol–water partition coefficient (Wildman–Crippen LogP) is 1.78. The first kappa shape index (κ1) is 13.1. The van der Waals surface area contributed by atoms with Crippen molar-refractivity contribution in [2.45, 2.75) is 53.1 Å². The molecule has 1 rings (SSSR count). The molecule has 0 spiro atoms. The molecule has 0 saturated carbocycles. The number of aromatic nitrogens is 4. The Morgan fingerprint density at radius 3 is 2.69 bits per heavy atom. The minimum absolute atomic E-state index is 0.385. The summed E-state index contributed by atoms with van der Waals surface area (Å²) < 4.78 is 1.93. The second-order valence-electron chi connectivity index (χ2n) is 4.70. The zero-order valence-corrected chi connectivity index (χ0v) is 10.8. The van der Waals surface area contributed by atoms with Gasteiger partial charge >= 0.3 is 0 Å². The van der Waals surface area contributed by atoms with Crippen molar-refractivity contribution in [1.29, 1.82) is 0 Å². The molecule has 92 valence electrons. The van der Waals surface area contributed by atoms with Crippen LogP contribution in [0.2, 0.25) is 0 Å². The maximum Gasteiger partial charge on any atom is 0.165 e. The first-order valence-corrected chi connectivity index (χ1v) is 6.12. The quantitative estimate of drug-likeness (QED) is 0.768. The first-order valence-electron chi connectivity index (χ1n) is 6.12. The van der Waals surface area contributed by atoms with Crippen molar-refractivity contribution >= 4 is 0 Å². The van der Waals surface area contributed by atoms with Gasteiger partial charge in [0.25, 0.3) is 0 Å². The van der Waals surface area contributed by atoms with Gasteiger partial charge in [-0.15, -0.1) is 5.10 Å². The maximum atomic E-state index is 4.06. The Balaban J connectivity index is 2.50. The van der Waals surface area contributed by atoms with E-state index in [1.165, 1.54) is 0 Å². The zero-order valence-electron chi connectivity index (χ0n) is 10.8. The van der Waals surface area contributed by atoms with E-state index in [0.717, 1.165) is 31.8 Å².